The van der Waals surface area contributed by atoms with Gasteiger partial charge in [0.1, 0.15) is 5.75 Å². The third kappa shape index (κ3) is 3.44. The van der Waals surface area contributed by atoms with Crippen LogP contribution in [0, 0.1) is 0 Å². The number of aromatic nitrogens is 3. The molecule has 0 spiro atoms. The van der Waals surface area contributed by atoms with E-state index in [1.54, 1.807) is 18.9 Å². The largest absolute Gasteiger partial charge is 0.497 e. The first kappa shape index (κ1) is 15.4. The molecule has 0 atom stereocenters. The molecule has 1 aromatic carbocycles. The Morgan fingerprint density at radius 2 is 2.05 bits per heavy atom. The quantitative estimate of drug-likeness (QED) is 0.766. The van der Waals surface area contributed by atoms with Crippen LogP contribution in [0.1, 0.15) is 12.8 Å². The molecule has 0 bridgehead atoms. The molecule has 0 unspecified atom stereocenters. The van der Waals surface area contributed by atoms with Gasteiger partial charge >= 0.3 is 0 Å². The van der Waals surface area contributed by atoms with E-state index in [-0.39, 0.29) is 0 Å². The van der Waals surface area contributed by atoms with Crippen molar-refractivity contribution in [3.8, 4) is 17.1 Å². The molecule has 1 aliphatic rings. The summed E-state index contributed by atoms with van der Waals surface area (Å²) >= 11 is 1.78. The second-order valence-corrected chi connectivity index (χ2v) is 6.56. The van der Waals surface area contributed by atoms with Crippen LogP contribution in [-0.2, 0) is 7.05 Å². The molecule has 2 heterocycles. The third-order valence-corrected chi connectivity index (χ3v) is 5.00. The first-order valence-corrected chi connectivity index (χ1v) is 8.65. The van der Waals surface area contributed by atoms with Gasteiger partial charge in [0, 0.05) is 24.9 Å². The van der Waals surface area contributed by atoms with Crippen molar-refractivity contribution in [3.63, 3.8) is 0 Å². The summed E-state index contributed by atoms with van der Waals surface area (Å²) in [6.07, 6.45) is 2.68. The maximum atomic E-state index is 5.28. The summed E-state index contributed by atoms with van der Waals surface area (Å²) in [4.78, 5) is 2.52. The van der Waals surface area contributed by atoms with E-state index in [0.717, 1.165) is 34.6 Å². The average molecular weight is 318 g/mol. The van der Waals surface area contributed by atoms with Gasteiger partial charge in [0.05, 0.1) is 7.11 Å². The average Bonchev–Trinajstić information content (AvgIpc) is 3.18. The van der Waals surface area contributed by atoms with Crippen LogP contribution in [-0.4, -0.2) is 52.2 Å². The molecule has 0 aliphatic carbocycles. The number of ether oxygens (including phenoxy) is 1. The number of hydrogen-bond donors (Lipinski definition) is 0. The Kier molecular flexibility index (Phi) is 5.00. The second-order valence-electron chi connectivity index (χ2n) is 5.49. The summed E-state index contributed by atoms with van der Waals surface area (Å²) in [6.45, 7) is 3.62. The highest BCUT2D eigenvalue weighted by Gasteiger charge is 2.14. The molecule has 0 amide bonds. The molecule has 1 aliphatic heterocycles. The van der Waals surface area contributed by atoms with E-state index in [9.17, 15) is 0 Å². The molecule has 1 aromatic heterocycles. The fourth-order valence-electron chi connectivity index (χ4n) is 2.73. The first-order chi connectivity index (χ1) is 10.8. The summed E-state index contributed by atoms with van der Waals surface area (Å²) < 4.78 is 7.34. The Bertz CT molecular complexity index is 622. The number of methoxy groups -OCH3 is 1. The van der Waals surface area contributed by atoms with Crippen molar-refractivity contribution in [2.24, 2.45) is 7.05 Å². The molecule has 5 nitrogen and oxygen atoms in total. The van der Waals surface area contributed by atoms with E-state index >= 15 is 0 Å². The van der Waals surface area contributed by atoms with Crippen LogP contribution in [0.3, 0.4) is 0 Å². The Labute approximate surface area is 135 Å². The van der Waals surface area contributed by atoms with Gasteiger partial charge < -0.3 is 14.2 Å². The fraction of sp³-hybridized carbons (Fsp3) is 0.500. The highest BCUT2D eigenvalue weighted by Crippen LogP contribution is 2.25. The molecule has 0 saturated carbocycles. The smallest absolute Gasteiger partial charge is 0.191 e. The van der Waals surface area contributed by atoms with E-state index in [1.807, 2.05) is 31.3 Å². The van der Waals surface area contributed by atoms with Crippen LogP contribution in [0.2, 0.25) is 0 Å². The van der Waals surface area contributed by atoms with Gasteiger partial charge in [-0.1, -0.05) is 23.9 Å². The summed E-state index contributed by atoms with van der Waals surface area (Å²) in [5, 5.41) is 9.63. The minimum atomic E-state index is 0.837. The van der Waals surface area contributed by atoms with Gasteiger partial charge in [-0.3, -0.25) is 0 Å². The van der Waals surface area contributed by atoms with Crippen LogP contribution >= 0.6 is 11.8 Å². The standard InChI is InChI=1S/C16H22N4OS/c1-19-15(13-6-5-7-14(12-13)21-2)17-18-16(19)22-11-10-20-8-3-4-9-20/h5-7,12H,3-4,8-11H2,1-2H3. The van der Waals surface area contributed by atoms with E-state index in [2.05, 4.69) is 19.7 Å². The van der Waals surface area contributed by atoms with Gasteiger partial charge in [0.15, 0.2) is 11.0 Å². The van der Waals surface area contributed by atoms with Crippen molar-refractivity contribution in [2.45, 2.75) is 18.0 Å². The van der Waals surface area contributed by atoms with Crippen molar-refractivity contribution in [2.75, 3.05) is 32.5 Å². The predicted molar refractivity (Wildman–Crippen MR) is 89.4 cm³/mol. The van der Waals surface area contributed by atoms with Gasteiger partial charge in [-0.15, -0.1) is 10.2 Å². The predicted octanol–water partition coefficient (Wildman–Crippen LogP) is 2.68. The zero-order chi connectivity index (χ0) is 15.4. The highest BCUT2D eigenvalue weighted by atomic mass is 32.2. The zero-order valence-corrected chi connectivity index (χ0v) is 14.0. The van der Waals surface area contributed by atoms with Crippen LogP contribution in [0.5, 0.6) is 5.75 Å². The van der Waals surface area contributed by atoms with Crippen LogP contribution < -0.4 is 4.74 Å². The summed E-state index contributed by atoms with van der Waals surface area (Å²) in [5.41, 5.74) is 1.03. The van der Waals surface area contributed by atoms with E-state index in [4.69, 9.17) is 4.74 Å². The Hall–Kier alpha value is -1.53. The van der Waals surface area contributed by atoms with Crippen molar-refractivity contribution in [1.29, 1.82) is 0 Å². The number of likely N-dealkylation sites (tertiary alicyclic amines) is 1. The summed E-state index contributed by atoms with van der Waals surface area (Å²) in [6, 6.07) is 7.93. The van der Waals surface area contributed by atoms with Crippen LogP contribution in [0.4, 0.5) is 0 Å². The molecule has 0 radical (unpaired) electrons. The minimum Gasteiger partial charge on any atom is -0.497 e. The van der Waals surface area contributed by atoms with Crippen molar-refractivity contribution in [1.82, 2.24) is 19.7 Å². The number of rotatable bonds is 6. The summed E-state index contributed by atoms with van der Waals surface area (Å²) in [7, 11) is 3.70. The molecule has 6 heteroatoms. The topological polar surface area (TPSA) is 43.2 Å². The molecule has 2 aromatic rings. The van der Waals surface area contributed by atoms with Crippen molar-refractivity contribution >= 4 is 11.8 Å². The minimum absolute atomic E-state index is 0.837. The second kappa shape index (κ2) is 7.15. The van der Waals surface area contributed by atoms with Crippen LogP contribution in [0.15, 0.2) is 29.4 Å². The lowest BCUT2D eigenvalue weighted by atomic mass is 10.2. The fourth-order valence-corrected chi connectivity index (χ4v) is 3.64. The van der Waals surface area contributed by atoms with Gasteiger partial charge in [0.2, 0.25) is 0 Å². The lowest BCUT2D eigenvalue weighted by Gasteiger charge is -2.13. The van der Waals surface area contributed by atoms with E-state index < -0.39 is 0 Å². The highest BCUT2D eigenvalue weighted by molar-refractivity contribution is 7.99. The monoisotopic (exact) mass is 318 g/mol. The van der Waals surface area contributed by atoms with E-state index in [1.165, 1.54) is 25.9 Å². The van der Waals surface area contributed by atoms with Gasteiger partial charge in [-0.25, -0.2) is 0 Å². The van der Waals surface area contributed by atoms with Gasteiger partial charge in [0.25, 0.3) is 0 Å². The lowest BCUT2D eigenvalue weighted by molar-refractivity contribution is 0.362. The SMILES string of the molecule is COc1cccc(-c2nnc(SCCN3CCCC3)n2C)c1. The Balaban J connectivity index is 1.65. The number of benzene rings is 1. The van der Waals surface area contributed by atoms with Crippen molar-refractivity contribution < 1.29 is 4.74 Å². The molecule has 118 valence electrons. The first-order valence-electron chi connectivity index (χ1n) is 7.67. The van der Waals surface area contributed by atoms with Gasteiger partial charge in [-0.05, 0) is 38.1 Å². The number of nitrogens with zero attached hydrogens (tertiary/aromatic N) is 4. The molecule has 22 heavy (non-hydrogen) atoms. The molecular weight excluding hydrogens is 296 g/mol. The maximum absolute atomic E-state index is 5.28. The zero-order valence-electron chi connectivity index (χ0n) is 13.2. The van der Waals surface area contributed by atoms with Crippen LogP contribution in [0.25, 0.3) is 11.4 Å². The number of thioether (sulfide) groups is 1. The maximum Gasteiger partial charge on any atom is 0.191 e. The Morgan fingerprint density at radius 1 is 1.23 bits per heavy atom. The Morgan fingerprint density at radius 3 is 2.82 bits per heavy atom. The van der Waals surface area contributed by atoms with E-state index in [0.29, 0.717) is 0 Å². The summed E-state index contributed by atoms with van der Waals surface area (Å²) in [5.74, 6) is 2.77. The molecule has 1 fully saturated rings. The normalized spacial score (nSPS) is 15.4. The molecule has 1 saturated heterocycles. The lowest BCUT2D eigenvalue weighted by Crippen LogP contribution is -2.22. The third-order valence-electron chi connectivity index (χ3n) is 4.00. The molecule has 0 N–H and O–H groups in total. The molecule has 3 rings (SSSR count). The number of hydrogen-bond acceptors (Lipinski definition) is 5. The molecular formula is C16H22N4OS. The van der Waals surface area contributed by atoms with Gasteiger partial charge in [-0.2, -0.15) is 0 Å². The van der Waals surface area contributed by atoms with Crippen molar-refractivity contribution in [3.05, 3.63) is 24.3 Å².